The van der Waals surface area contributed by atoms with E-state index in [4.69, 9.17) is 0 Å². The second-order valence-electron chi connectivity index (χ2n) is 6.31. The van der Waals surface area contributed by atoms with Gasteiger partial charge >= 0.3 is 0 Å². The molecule has 6 heteroatoms. The first kappa shape index (κ1) is 16.7. The number of aliphatic hydroxyl groups excluding tert-OH is 1. The molecule has 2 aromatic rings. The standard InChI is InChI=1S/C18H23N3O3/c22-12-13(11-21-8-4-1-5-9-21)19-18(24)16-10-17(23)14-6-2-3-7-15(14)20-16/h2-3,6-7,10,13,22H,1,4-5,8-9,11-12H2,(H,19,24)(H,20,23). The summed E-state index contributed by atoms with van der Waals surface area (Å²) < 4.78 is 0. The fourth-order valence-electron chi connectivity index (χ4n) is 3.19. The van der Waals surface area contributed by atoms with E-state index >= 15 is 0 Å². The fraction of sp³-hybridized carbons (Fsp3) is 0.444. The molecule has 3 rings (SSSR count). The van der Waals surface area contributed by atoms with Crippen molar-refractivity contribution in [2.45, 2.75) is 25.3 Å². The monoisotopic (exact) mass is 329 g/mol. The third kappa shape index (κ3) is 3.83. The molecule has 1 aromatic carbocycles. The van der Waals surface area contributed by atoms with Crippen LogP contribution in [0.15, 0.2) is 35.1 Å². The highest BCUT2D eigenvalue weighted by molar-refractivity contribution is 5.95. The summed E-state index contributed by atoms with van der Waals surface area (Å²) in [5.41, 5.74) is 0.661. The summed E-state index contributed by atoms with van der Waals surface area (Å²) in [6.45, 7) is 2.50. The smallest absolute Gasteiger partial charge is 0.268 e. The Balaban J connectivity index is 1.72. The number of carbonyl (C=O) groups excluding carboxylic acids is 1. The number of rotatable bonds is 5. The summed E-state index contributed by atoms with van der Waals surface area (Å²) in [5.74, 6) is -0.367. The lowest BCUT2D eigenvalue weighted by Crippen LogP contribution is -2.47. The van der Waals surface area contributed by atoms with E-state index in [0.29, 0.717) is 17.4 Å². The van der Waals surface area contributed by atoms with Gasteiger partial charge in [0.15, 0.2) is 5.43 Å². The summed E-state index contributed by atoms with van der Waals surface area (Å²) in [6, 6.07) is 8.07. The number of para-hydroxylation sites is 1. The third-order valence-corrected chi connectivity index (χ3v) is 4.46. The summed E-state index contributed by atoms with van der Waals surface area (Å²) >= 11 is 0. The number of nitrogens with zero attached hydrogens (tertiary/aromatic N) is 1. The van der Waals surface area contributed by atoms with Gasteiger partial charge in [-0.15, -0.1) is 0 Å². The van der Waals surface area contributed by atoms with Crippen molar-refractivity contribution in [3.05, 3.63) is 46.2 Å². The number of amides is 1. The quantitative estimate of drug-likeness (QED) is 0.767. The average molecular weight is 329 g/mol. The molecule has 1 aliphatic rings. The Labute approximate surface area is 140 Å². The van der Waals surface area contributed by atoms with E-state index in [2.05, 4.69) is 15.2 Å². The molecule has 1 aliphatic heterocycles. The molecule has 2 heterocycles. The van der Waals surface area contributed by atoms with Gasteiger partial charge in [0.05, 0.1) is 12.6 Å². The van der Waals surface area contributed by atoms with Crippen LogP contribution in [0.1, 0.15) is 29.8 Å². The van der Waals surface area contributed by atoms with Crippen molar-refractivity contribution in [3.8, 4) is 0 Å². The number of nitrogens with one attached hydrogen (secondary N) is 2. The number of aliphatic hydroxyl groups is 1. The lowest BCUT2D eigenvalue weighted by Gasteiger charge is -2.30. The second kappa shape index (κ2) is 7.59. The van der Waals surface area contributed by atoms with E-state index in [0.717, 1.165) is 25.9 Å². The molecule has 1 fully saturated rings. The molecule has 1 amide bonds. The Kier molecular flexibility index (Phi) is 5.27. The number of aromatic nitrogens is 1. The first-order chi connectivity index (χ1) is 11.7. The predicted molar refractivity (Wildman–Crippen MR) is 93.2 cm³/mol. The summed E-state index contributed by atoms with van der Waals surface area (Å²) in [5, 5.41) is 12.9. The normalized spacial score (nSPS) is 16.9. The van der Waals surface area contributed by atoms with Gasteiger partial charge in [-0.3, -0.25) is 9.59 Å². The second-order valence-corrected chi connectivity index (χ2v) is 6.31. The van der Waals surface area contributed by atoms with Crippen LogP contribution in [0.5, 0.6) is 0 Å². The van der Waals surface area contributed by atoms with E-state index in [1.165, 1.54) is 12.5 Å². The number of fused-ring (bicyclic) bond motifs is 1. The molecular weight excluding hydrogens is 306 g/mol. The van der Waals surface area contributed by atoms with Crippen molar-refractivity contribution in [3.63, 3.8) is 0 Å². The van der Waals surface area contributed by atoms with Crippen LogP contribution in [0.2, 0.25) is 0 Å². The number of hydrogen-bond acceptors (Lipinski definition) is 4. The summed E-state index contributed by atoms with van der Waals surface area (Å²) in [4.78, 5) is 29.8. The molecular formula is C18H23N3O3. The van der Waals surface area contributed by atoms with Gasteiger partial charge in [-0.2, -0.15) is 0 Å². The number of carbonyl (C=O) groups is 1. The number of likely N-dealkylation sites (tertiary alicyclic amines) is 1. The Morgan fingerprint density at radius 3 is 2.75 bits per heavy atom. The van der Waals surface area contributed by atoms with Gasteiger partial charge in [0.25, 0.3) is 5.91 Å². The number of benzene rings is 1. The minimum atomic E-state index is -0.367. The van der Waals surface area contributed by atoms with Crippen molar-refractivity contribution in [1.29, 1.82) is 0 Å². The van der Waals surface area contributed by atoms with Gasteiger partial charge in [-0.05, 0) is 38.1 Å². The molecule has 0 radical (unpaired) electrons. The lowest BCUT2D eigenvalue weighted by atomic mass is 10.1. The number of pyridine rings is 1. The zero-order valence-electron chi connectivity index (χ0n) is 13.6. The zero-order chi connectivity index (χ0) is 16.9. The highest BCUT2D eigenvalue weighted by atomic mass is 16.3. The molecule has 1 atom stereocenters. The first-order valence-corrected chi connectivity index (χ1v) is 8.43. The SMILES string of the molecule is O=C(NC(CO)CN1CCCCC1)c1cc(=O)c2ccccc2[nH]1. The van der Waals surface area contributed by atoms with Crippen LogP contribution >= 0.6 is 0 Å². The largest absolute Gasteiger partial charge is 0.394 e. The van der Waals surface area contributed by atoms with Crippen LogP contribution in [0.4, 0.5) is 0 Å². The van der Waals surface area contributed by atoms with Crippen LogP contribution in [0.3, 0.4) is 0 Å². The highest BCUT2D eigenvalue weighted by Gasteiger charge is 2.19. The number of aromatic amines is 1. The van der Waals surface area contributed by atoms with E-state index in [9.17, 15) is 14.7 Å². The Hall–Kier alpha value is -2.18. The molecule has 0 spiro atoms. The highest BCUT2D eigenvalue weighted by Crippen LogP contribution is 2.10. The number of piperidine rings is 1. The Morgan fingerprint density at radius 1 is 1.25 bits per heavy atom. The van der Waals surface area contributed by atoms with Crippen LogP contribution in [0, 0.1) is 0 Å². The minimum Gasteiger partial charge on any atom is -0.394 e. The molecule has 1 aromatic heterocycles. The predicted octanol–water partition coefficient (Wildman–Crippen LogP) is 1.10. The minimum absolute atomic E-state index is 0.125. The topological polar surface area (TPSA) is 85.4 Å². The summed E-state index contributed by atoms with van der Waals surface area (Å²) in [6.07, 6.45) is 3.55. The molecule has 128 valence electrons. The molecule has 1 saturated heterocycles. The van der Waals surface area contributed by atoms with Crippen LogP contribution in [-0.2, 0) is 0 Å². The van der Waals surface area contributed by atoms with Gasteiger partial charge in [-0.1, -0.05) is 18.6 Å². The lowest BCUT2D eigenvalue weighted by molar-refractivity contribution is 0.0882. The van der Waals surface area contributed by atoms with Gasteiger partial charge in [-0.25, -0.2) is 0 Å². The van der Waals surface area contributed by atoms with Crippen molar-refractivity contribution < 1.29 is 9.90 Å². The molecule has 24 heavy (non-hydrogen) atoms. The van der Waals surface area contributed by atoms with Gasteiger partial charge in [0.1, 0.15) is 5.69 Å². The maximum atomic E-state index is 12.4. The number of hydrogen-bond donors (Lipinski definition) is 3. The van der Waals surface area contributed by atoms with Crippen molar-refractivity contribution in [1.82, 2.24) is 15.2 Å². The first-order valence-electron chi connectivity index (χ1n) is 8.43. The average Bonchev–Trinajstić information content (AvgIpc) is 2.62. The van der Waals surface area contributed by atoms with Crippen molar-refractivity contribution >= 4 is 16.8 Å². The van der Waals surface area contributed by atoms with Crippen molar-refractivity contribution in [2.75, 3.05) is 26.2 Å². The van der Waals surface area contributed by atoms with Crippen molar-refractivity contribution in [2.24, 2.45) is 0 Å². The van der Waals surface area contributed by atoms with Gasteiger partial charge in [0.2, 0.25) is 0 Å². The third-order valence-electron chi connectivity index (χ3n) is 4.46. The zero-order valence-corrected chi connectivity index (χ0v) is 13.6. The van der Waals surface area contributed by atoms with Crippen LogP contribution in [-0.4, -0.2) is 53.2 Å². The molecule has 3 N–H and O–H groups in total. The van der Waals surface area contributed by atoms with Crippen LogP contribution in [0.25, 0.3) is 10.9 Å². The maximum Gasteiger partial charge on any atom is 0.268 e. The van der Waals surface area contributed by atoms with Crippen LogP contribution < -0.4 is 10.7 Å². The Morgan fingerprint density at radius 2 is 2.00 bits per heavy atom. The van der Waals surface area contributed by atoms with E-state index in [1.54, 1.807) is 18.2 Å². The Bertz CT molecular complexity index is 765. The van der Waals surface area contributed by atoms with E-state index in [1.807, 2.05) is 6.07 Å². The molecule has 0 aliphatic carbocycles. The molecule has 1 unspecified atom stereocenters. The number of H-pyrrole nitrogens is 1. The fourth-order valence-corrected chi connectivity index (χ4v) is 3.19. The summed E-state index contributed by atoms with van der Waals surface area (Å²) in [7, 11) is 0. The maximum absolute atomic E-state index is 12.4. The van der Waals surface area contributed by atoms with E-state index in [-0.39, 0.29) is 29.7 Å². The molecule has 0 bridgehead atoms. The van der Waals surface area contributed by atoms with Gasteiger partial charge < -0.3 is 20.3 Å². The van der Waals surface area contributed by atoms with E-state index < -0.39 is 0 Å². The molecule has 6 nitrogen and oxygen atoms in total. The van der Waals surface area contributed by atoms with Gasteiger partial charge in [0, 0.05) is 23.5 Å². The molecule has 0 saturated carbocycles.